The summed E-state index contributed by atoms with van der Waals surface area (Å²) in [4.78, 5) is 10.6. The molecule has 0 saturated heterocycles. The second-order valence-electron chi connectivity index (χ2n) is 8.74. The topological polar surface area (TPSA) is 37.3 Å². The van der Waals surface area contributed by atoms with Crippen LogP contribution in [0.5, 0.6) is 0 Å². The van der Waals surface area contributed by atoms with E-state index in [2.05, 4.69) is 73.1 Å². The van der Waals surface area contributed by atoms with E-state index in [4.69, 9.17) is 5.11 Å². The molecule has 2 unspecified atom stereocenters. The molecule has 33 heavy (non-hydrogen) atoms. The third kappa shape index (κ3) is 15.6. The Labute approximate surface area is 213 Å². The maximum atomic E-state index is 10.6. The molecule has 0 fully saturated rings. The maximum absolute atomic E-state index is 10.6. The van der Waals surface area contributed by atoms with Crippen molar-refractivity contribution in [3.05, 3.63) is 70.8 Å². The van der Waals surface area contributed by atoms with Gasteiger partial charge in [-0.3, -0.25) is 0 Å². The molecule has 3 nitrogen and oxygen atoms in total. The SMILES string of the molecule is C.C.C.C.CCC(C)c1ccc(C(=O)O)cc1.CCC(C)c1ccc(C[N+](C)(C)C)cc1.[Cl-]. The zero-order chi connectivity index (χ0) is 21.3. The molecule has 0 amide bonds. The Bertz CT molecular complexity index is 719. The molecule has 0 bridgehead atoms. The number of nitrogens with zero attached hydrogens (tertiary/aromatic N) is 1. The van der Waals surface area contributed by atoms with Gasteiger partial charge in [0.25, 0.3) is 0 Å². The van der Waals surface area contributed by atoms with Crippen LogP contribution in [0.4, 0.5) is 0 Å². The lowest BCUT2D eigenvalue weighted by molar-refractivity contribution is -0.884. The van der Waals surface area contributed by atoms with E-state index in [1.807, 2.05) is 12.1 Å². The molecule has 4 heteroatoms. The van der Waals surface area contributed by atoms with E-state index in [1.54, 1.807) is 12.1 Å². The molecule has 194 valence electrons. The number of carboxylic acids is 1. The fraction of sp³-hybridized carbons (Fsp3) is 0.552. The van der Waals surface area contributed by atoms with E-state index in [9.17, 15) is 4.79 Å². The molecule has 0 heterocycles. The van der Waals surface area contributed by atoms with Gasteiger partial charge in [-0.2, -0.15) is 0 Å². The fourth-order valence-corrected chi connectivity index (χ4v) is 2.92. The molecular formula is C29H54ClNO2. The van der Waals surface area contributed by atoms with Gasteiger partial charge < -0.3 is 22.0 Å². The minimum absolute atomic E-state index is 0. The van der Waals surface area contributed by atoms with Crippen LogP contribution in [0.3, 0.4) is 0 Å². The van der Waals surface area contributed by atoms with Gasteiger partial charge in [-0.15, -0.1) is 0 Å². The molecule has 2 aromatic carbocycles. The lowest BCUT2D eigenvalue weighted by Gasteiger charge is -2.24. The van der Waals surface area contributed by atoms with Crippen molar-refractivity contribution in [1.82, 2.24) is 0 Å². The Kier molecular flexibility index (Phi) is 24.6. The van der Waals surface area contributed by atoms with Gasteiger partial charge in [-0.1, -0.05) is 93.8 Å². The summed E-state index contributed by atoms with van der Waals surface area (Å²) in [7, 11) is 6.67. The van der Waals surface area contributed by atoms with Crippen LogP contribution in [-0.4, -0.2) is 36.7 Å². The fourth-order valence-electron chi connectivity index (χ4n) is 2.92. The van der Waals surface area contributed by atoms with Crippen molar-refractivity contribution in [2.24, 2.45) is 0 Å². The highest BCUT2D eigenvalue weighted by Gasteiger charge is 2.09. The summed E-state index contributed by atoms with van der Waals surface area (Å²) in [6.07, 6.45) is 2.29. The minimum Gasteiger partial charge on any atom is -1.00 e. The van der Waals surface area contributed by atoms with Gasteiger partial charge in [-0.05, 0) is 47.9 Å². The molecule has 0 aliphatic heterocycles. The summed E-state index contributed by atoms with van der Waals surface area (Å²) < 4.78 is 0.989. The molecule has 0 spiro atoms. The van der Waals surface area contributed by atoms with Crippen molar-refractivity contribution in [1.29, 1.82) is 0 Å². The third-order valence-electron chi connectivity index (χ3n) is 5.16. The van der Waals surface area contributed by atoms with Gasteiger partial charge in [-0.25, -0.2) is 4.79 Å². The van der Waals surface area contributed by atoms with E-state index in [1.165, 1.54) is 23.1 Å². The largest absolute Gasteiger partial charge is 1.00 e. The molecule has 1 N–H and O–H groups in total. The van der Waals surface area contributed by atoms with Crippen LogP contribution in [0.2, 0.25) is 0 Å². The highest BCUT2D eigenvalue weighted by atomic mass is 35.5. The first-order chi connectivity index (χ1) is 13.1. The van der Waals surface area contributed by atoms with E-state index in [-0.39, 0.29) is 42.1 Å². The number of hydrogen-bond acceptors (Lipinski definition) is 1. The number of halogens is 1. The smallest absolute Gasteiger partial charge is 0.335 e. The second kappa shape index (κ2) is 19.6. The maximum Gasteiger partial charge on any atom is 0.335 e. The molecule has 0 aromatic heterocycles. The lowest BCUT2D eigenvalue weighted by atomic mass is 9.97. The molecule has 2 rings (SSSR count). The molecule has 0 saturated carbocycles. The average Bonchev–Trinajstić information content (AvgIpc) is 2.66. The second-order valence-corrected chi connectivity index (χ2v) is 8.74. The van der Waals surface area contributed by atoms with E-state index >= 15 is 0 Å². The molecule has 2 aromatic rings. The van der Waals surface area contributed by atoms with Gasteiger partial charge >= 0.3 is 5.97 Å². The Morgan fingerprint density at radius 2 is 1.09 bits per heavy atom. The van der Waals surface area contributed by atoms with Crippen LogP contribution in [0, 0.1) is 0 Å². The zero-order valence-electron chi connectivity index (χ0n) is 19.1. The van der Waals surface area contributed by atoms with Gasteiger partial charge in [0.2, 0.25) is 0 Å². The Morgan fingerprint density at radius 3 is 1.36 bits per heavy atom. The predicted octanol–water partition coefficient (Wildman–Crippen LogP) is 5.85. The first kappa shape index (κ1) is 41.4. The van der Waals surface area contributed by atoms with Crippen LogP contribution in [0.15, 0.2) is 48.5 Å². The number of rotatable bonds is 7. The van der Waals surface area contributed by atoms with Crippen molar-refractivity contribution < 1.29 is 26.8 Å². The van der Waals surface area contributed by atoms with Gasteiger partial charge in [0.1, 0.15) is 6.54 Å². The number of benzene rings is 2. The number of aromatic carboxylic acids is 1. The normalized spacial score (nSPS) is 11.2. The van der Waals surface area contributed by atoms with Gasteiger partial charge in [0, 0.05) is 5.56 Å². The highest BCUT2D eigenvalue weighted by molar-refractivity contribution is 5.87. The number of carboxylic acid groups (broad SMARTS) is 1. The molecule has 2 atom stereocenters. The van der Waals surface area contributed by atoms with Crippen molar-refractivity contribution >= 4 is 5.97 Å². The van der Waals surface area contributed by atoms with Gasteiger partial charge in [0.05, 0.1) is 26.7 Å². The Hall–Kier alpha value is -1.84. The quantitative estimate of drug-likeness (QED) is 0.501. The van der Waals surface area contributed by atoms with Gasteiger partial charge in [0.15, 0.2) is 0 Å². The summed E-state index contributed by atoms with van der Waals surface area (Å²) in [5.41, 5.74) is 4.44. The van der Waals surface area contributed by atoms with Crippen molar-refractivity contribution in [2.75, 3.05) is 21.1 Å². The molecule has 0 aliphatic carbocycles. The first-order valence-electron chi connectivity index (χ1n) is 10.3. The minimum atomic E-state index is -0.865. The summed E-state index contributed by atoms with van der Waals surface area (Å²) >= 11 is 0. The van der Waals surface area contributed by atoms with Crippen LogP contribution in [0.25, 0.3) is 0 Å². The molecule has 0 aliphatic rings. The summed E-state index contributed by atoms with van der Waals surface area (Å²) in [6, 6.07) is 16.2. The summed E-state index contributed by atoms with van der Waals surface area (Å²) in [5.74, 6) is 0.321. The van der Waals surface area contributed by atoms with Crippen LogP contribution >= 0.6 is 0 Å². The highest BCUT2D eigenvalue weighted by Crippen LogP contribution is 2.20. The van der Waals surface area contributed by atoms with E-state index in [0.717, 1.165) is 17.4 Å². The van der Waals surface area contributed by atoms with Crippen LogP contribution in [0.1, 0.15) is 109 Å². The lowest BCUT2D eigenvalue weighted by Crippen LogP contribution is -3.00. The molecule has 0 radical (unpaired) electrons. The summed E-state index contributed by atoms with van der Waals surface area (Å²) in [6.45, 7) is 9.88. The Morgan fingerprint density at radius 1 is 0.758 bits per heavy atom. The average molecular weight is 484 g/mol. The van der Waals surface area contributed by atoms with E-state index in [0.29, 0.717) is 17.4 Å². The zero-order valence-corrected chi connectivity index (χ0v) is 19.8. The number of hydrogen-bond donors (Lipinski definition) is 1. The molecular weight excluding hydrogens is 430 g/mol. The first-order valence-corrected chi connectivity index (χ1v) is 10.3. The van der Waals surface area contributed by atoms with Crippen LogP contribution < -0.4 is 12.4 Å². The Balaban J connectivity index is -0.000000138. The number of carbonyl (C=O) groups is 1. The van der Waals surface area contributed by atoms with Crippen molar-refractivity contribution in [2.45, 2.75) is 88.6 Å². The standard InChI is InChI=1S/C14H24N.C11H14O2.4CH4.ClH/c1-6-12(2)14-9-7-13(8-10-14)11-15(3,4)5;1-3-8(2)9-4-6-10(7-5-9)11(12)13;;;;;/h7-10,12H,6,11H2,1-5H3;4-8H,3H2,1-2H3,(H,12,13);4*1H4;1H/q+1;;;;;;/p-1. The van der Waals surface area contributed by atoms with Crippen molar-refractivity contribution in [3.63, 3.8) is 0 Å². The number of quaternary nitrogens is 1. The van der Waals surface area contributed by atoms with Crippen LogP contribution in [-0.2, 0) is 6.54 Å². The van der Waals surface area contributed by atoms with E-state index < -0.39 is 5.97 Å². The van der Waals surface area contributed by atoms with Crippen molar-refractivity contribution in [3.8, 4) is 0 Å². The summed E-state index contributed by atoms with van der Waals surface area (Å²) in [5, 5.41) is 8.67. The predicted molar refractivity (Wildman–Crippen MR) is 146 cm³/mol. The monoisotopic (exact) mass is 483 g/mol. The third-order valence-corrected chi connectivity index (χ3v) is 5.16.